The van der Waals surface area contributed by atoms with E-state index in [1.807, 2.05) is 11.8 Å². The first-order valence-corrected chi connectivity index (χ1v) is 7.63. The van der Waals surface area contributed by atoms with Gasteiger partial charge in [0.05, 0.1) is 0 Å². The number of thioether (sulfide) groups is 1. The van der Waals surface area contributed by atoms with Gasteiger partial charge in [0.25, 0.3) is 0 Å². The minimum Gasteiger partial charge on any atom is -0.327 e. The van der Waals surface area contributed by atoms with Gasteiger partial charge in [-0.1, -0.05) is 38.0 Å². The summed E-state index contributed by atoms with van der Waals surface area (Å²) < 4.78 is 0. The van der Waals surface area contributed by atoms with E-state index in [-0.39, 0.29) is 0 Å². The molecule has 0 aliphatic carbocycles. The minimum absolute atomic E-state index is 0.294. The van der Waals surface area contributed by atoms with E-state index in [1.165, 1.54) is 34.6 Å². The predicted molar refractivity (Wildman–Crippen MR) is 78.8 cm³/mol. The molecular formula is C15H25NS. The summed E-state index contributed by atoms with van der Waals surface area (Å²) >= 11 is 1.98. The van der Waals surface area contributed by atoms with Gasteiger partial charge in [0, 0.05) is 10.9 Å². The second-order valence-corrected chi connectivity index (χ2v) is 5.82. The molecule has 1 atom stereocenters. The number of benzene rings is 1. The lowest BCUT2D eigenvalue weighted by atomic mass is 10.0. The first-order valence-electron chi connectivity index (χ1n) is 6.65. The highest BCUT2D eigenvalue weighted by Gasteiger charge is 2.07. The third-order valence-electron chi connectivity index (χ3n) is 2.98. The molecule has 0 aliphatic rings. The van der Waals surface area contributed by atoms with Crippen molar-refractivity contribution in [3.63, 3.8) is 0 Å². The smallest absolute Gasteiger partial charge is 0.0105 e. The van der Waals surface area contributed by atoms with Crippen molar-refractivity contribution in [1.29, 1.82) is 0 Å². The number of hydrogen-bond acceptors (Lipinski definition) is 2. The lowest BCUT2D eigenvalue weighted by Crippen LogP contribution is -2.21. The lowest BCUT2D eigenvalue weighted by molar-refractivity contribution is 0.641. The molecule has 0 saturated carbocycles. The van der Waals surface area contributed by atoms with Gasteiger partial charge in [0.2, 0.25) is 0 Å². The summed E-state index contributed by atoms with van der Waals surface area (Å²) in [4.78, 5) is 1.42. The molecule has 0 aromatic heterocycles. The van der Waals surface area contributed by atoms with Gasteiger partial charge in [-0.05, 0) is 43.6 Å². The summed E-state index contributed by atoms with van der Waals surface area (Å²) in [7, 11) is 0. The van der Waals surface area contributed by atoms with Crippen LogP contribution in [0.15, 0.2) is 23.1 Å². The Balaban J connectivity index is 2.72. The first-order chi connectivity index (χ1) is 8.17. The summed E-state index contributed by atoms with van der Waals surface area (Å²) in [6, 6.07) is 7.05. The van der Waals surface area contributed by atoms with Gasteiger partial charge in [-0.15, -0.1) is 11.8 Å². The summed E-state index contributed by atoms with van der Waals surface area (Å²) in [5, 5.41) is 0. The maximum absolute atomic E-state index is 6.07. The maximum atomic E-state index is 6.07. The Labute approximate surface area is 110 Å². The van der Waals surface area contributed by atoms with Crippen LogP contribution in [0.2, 0.25) is 0 Å². The second kappa shape index (κ2) is 7.78. The molecule has 2 heteroatoms. The molecule has 1 unspecified atom stereocenters. The summed E-state index contributed by atoms with van der Waals surface area (Å²) in [5.41, 5.74) is 8.84. The molecule has 0 aliphatic heterocycles. The van der Waals surface area contributed by atoms with Gasteiger partial charge in [0.1, 0.15) is 0 Å². The monoisotopic (exact) mass is 251 g/mol. The van der Waals surface area contributed by atoms with E-state index in [0.29, 0.717) is 6.04 Å². The molecule has 0 spiro atoms. The van der Waals surface area contributed by atoms with Crippen molar-refractivity contribution >= 4 is 11.8 Å². The Bertz CT molecular complexity index is 336. The van der Waals surface area contributed by atoms with Crippen LogP contribution in [-0.4, -0.2) is 11.8 Å². The number of aryl methyl sites for hydroxylation is 1. The van der Waals surface area contributed by atoms with Crippen LogP contribution in [0.1, 0.15) is 44.2 Å². The van der Waals surface area contributed by atoms with Gasteiger partial charge in [-0.2, -0.15) is 0 Å². The summed E-state index contributed by atoms with van der Waals surface area (Å²) in [6.07, 6.45) is 4.61. The molecule has 2 N–H and O–H groups in total. The Morgan fingerprint density at radius 3 is 2.71 bits per heavy atom. The van der Waals surface area contributed by atoms with Crippen molar-refractivity contribution in [3.8, 4) is 0 Å². The van der Waals surface area contributed by atoms with E-state index in [2.05, 4.69) is 39.0 Å². The van der Waals surface area contributed by atoms with E-state index in [0.717, 1.165) is 12.8 Å². The van der Waals surface area contributed by atoms with Crippen LogP contribution in [0.5, 0.6) is 0 Å². The highest BCUT2D eigenvalue weighted by Crippen LogP contribution is 2.26. The van der Waals surface area contributed by atoms with Gasteiger partial charge in [-0.3, -0.25) is 0 Å². The average Bonchev–Trinajstić information content (AvgIpc) is 2.32. The Hall–Kier alpha value is -0.470. The molecule has 0 amide bonds. The largest absolute Gasteiger partial charge is 0.327 e. The molecule has 17 heavy (non-hydrogen) atoms. The van der Waals surface area contributed by atoms with E-state index < -0.39 is 0 Å². The molecule has 1 rings (SSSR count). The van der Waals surface area contributed by atoms with Crippen LogP contribution >= 0.6 is 11.8 Å². The molecule has 1 aromatic rings. The topological polar surface area (TPSA) is 26.0 Å². The van der Waals surface area contributed by atoms with E-state index in [9.17, 15) is 0 Å². The molecule has 0 saturated heterocycles. The molecule has 0 radical (unpaired) electrons. The van der Waals surface area contributed by atoms with Crippen molar-refractivity contribution in [2.45, 2.75) is 57.4 Å². The fourth-order valence-electron chi connectivity index (χ4n) is 1.76. The second-order valence-electron chi connectivity index (χ2n) is 4.69. The highest BCUT2D eigenvalue weighted by molar-refractivity contribution is 7.99. The fourth-order valence-corrected chi connectivity index (χ4v) is 2.91. The van der Waals surface area contributed by atoms with Gasteiger partial charge >= 0.3 is 0 Å². The van der Waals surface area contributed by atoms with Crippen LogP contribution in [0, 0.1) is 6.92 Å². The number of hydrogen-bond donors (Lipinski definition) is 1. The average molecular weight is 251 g/mol. The van der Waals surface area contributed by atoms with Gasteiger partial charge in [0.15, 0.2) is 0 Å². The zero-order valence-electron chi connectivity index (χ0n) is 11.3. The molecular weight excluding hydrogens is 226 g/mol. The predicted octanol–water partition coefficient (Wildman–Crippen LogP) is 4.17. The van der Waals surface area contributed by atoms with E-state index >= 15 is 0 Å². The molecule has 96 valence electrons. The molecule has 0 fully saturated rings. The Morgan fingerprint density at radius 2 is 2.06 bits per heavy atom. The van der Waals surface area contributed by atoms with Crippen LogP contribution in [0.3, 0.4) is 0 Å². The summed E-state index contributed by atoms with van der Waals surface area (Å²) in [6.45, 7) is 6.55. The van der Waals surface area contributed by atoms with Crippen LogP contribution < -0.4 is 5.73 Å². The Kier molecular flexibility index (Phi) is 6.68. The molecule has 1 aromatic carbocycles. The van der Waals surface area contributed by atoms with Crippen molar-refractivity contribution in [2.75, 3.05) is 5.75 Å². The van der Waals surface area contributed by atoms with E-state index in [4.69, 9.17) is 5.73 Å². The van der Waals surface area contributed by atoms with Crippen molar-refractivity contribution in [1.82, 2.24) is 0 Å². The van der Waals surface area contributed by atoms with Gasteiger partial charge in [-0.25, -0.2) is 0 Å². The minimum atomic E-state index is 0.294. The third kappa shape index (κ3) is 5.13. The molecule has 0 bridgehead atoms. The number of unbranched alkanes of at least 4 members (excludes halogenated alkanes) is 1. The number of nitrogens with two attached hydrogens (primary N) is 1. The standard InChI is InChI=1S/C15H25NS/c1-4-6-9-17-15-8-7-12(3)10-13(15)11-14(16)5-2/h7-8,10,14H,4-6,9,11,16H2,1-3H3. The highest BCUT2D eigenvalue weighted by atomic mass is 32.2. The van der Waals surface area contributed by atoms with Crippen LogP contribution in [-0.2, 0) is 6.42 Å². The van der Waals surface area contributed by atoms with Crippen molar-refractivity contribution in [2.24, 2.45) is 5.73 Å². The molecule has 1 nitrogen and oxygen atoms in total. The van der Waals surface area contributed by atoms with Crippen molar-refractivity contribution < 1.29 is 0 Å². The zero-order chi connectivity index (χ0) is 12.7. The zero-order valence-corrected chi connectivity index (χ0v) is 12.1. The number of rotatable bonds is 7. The lowest BCUT2D eigenvalue weighted by Gasteiger charge is -2.14. The maximum Gasteiger partial charge on any atom is 0.0105 e. The fraction of sp³-hybridized carbons (Fsp3) is 0.600. The van der Waals surface area contributed by atoms with E-state index in [1.54, 1.807) is 0 Å². The van der Waals surface area contributed by atoms with Crippen LogP contribution in [0.4, 0.5) is 0 Å². The van der Waals surface area contributed by atoms with Crippen molar-refractivity contribution in [3.05, 3.63) is 29.3 Å². The van der Waals surface area contributed by atoms with Gasteiger partial charge < -0.3 is 5.73 Å². The SMILES string of the molecule is CCCCSc1ccc(C)cc1CC(N)CC. The normalized spacial score (nSPS) is 12.7. The quantitative estimate of drug-likeness (QED) is 0.581. The van der Waals surface area contributed by atoms with Crippen LogP contribution in [0.25, 0.3) is 0 Å². The summed E-state index contributed by atoms with van der Waals surface area (Å²) in [5.74, 6) is 1.22. The molecule has 0 heterocycles. The first kappa shape index (κ1) is 14.6. The Morgan fingerprint density at radius 1 is 1.29 bits per heavy atom. The third-order valence-corrected chi connectivity index (χ3v) is 4.18.